The highest BCUT2D eigenvalue weighted by Gasteiger charge is 2.36. The molecular formula is C21H14N2O8S. The van der Waals surface area contributed by atoms with Crippen molar-refractivity contribution in [2.45, 2.75) is 6.54 Å². The molecule has 0 unspecified atom stereocenters. The first-order valence-corrected chi connectivity index (χ1v) is 9.94. The number of esters is 1. The Labute approximate surface area is 184 Å². The molecule has 32 heavy (non-hydrogen) atoms. The molecule has 10 nitrogen and oxygen atoms in total. The number of hydrogen-bond donors (Lipinski definition) is 0. The lowest BCUT2D eigenvalue weighted by atomic mass is 10.1. The fourth-order valence-corrected chi connectivity index (χ4v) is 3.75. The molecule has 0 saturated carbocycles. The molecule has 0 spiro atoms. The predicted molar refractivity (Wildman–Crippen MR) is 112 cm³/mol. The van der Waals surface area contributed by atoms with Crippen molar-refractivity contribution < 1.29 is 32.9 Å². The van der Waals surface area contributed by atoms with Crippen molar-refractivity contribution in [2.24, 2.45) is 0 Å². The quantitative estimate of drug-likeness (QED) is 0.229. The van der Waals surface area contributed by atoms with Gasteiger partial charge in [0.25, 0.3) is 16.8 Å². The Morgan fingerprint density at radius 2 is 1.88 bits per heavy atom. The van der Waals surface area contributed by atoms with Crippen LogP contribution in [0.1, 0.15) is 22.1 Å². The first kappa shape index (κ1) is 21.1. The van der Waals surface area contributed by atoms with Gasteiger partial charge in [0, 0.05) is 23.8 Å². The molecule has 0 atom stereocenters. The summed E-state index contributed by atoms with van der Waals surface area (Å²) in [6.45, 7) is -0.134. The number of nitrogens with zero attached hydrogens (tertiary/aromatic N) is 2. The van der Waals surface area contributed by atoms with Gasteiger partial charge in [-0.3, -0.25) is 24.6 Å². The van der Waals surface area contributed by atoms with E-state index >= 15 is 0 Å². The number of furan rings is 2. The predicted octanol–water partition coefficient (Wildman–Crippen LogP) is 4.47. The van der Waals surface area contributed by atoms with Crippen molar-refractivity contribution >= 4 is 40.6 Å². The molecule has 0 aliphatic carbocycles. The van der Waals surface area contributed by atoms with E-state index in [1.165, 1.54) is 37.5 Å². The number of rotatable bonds is 6. The molecule has 2 aromatic heterocycles. The molecule has 0 bridgehead atoms. The van der Waals surface area contributed by atoms with Crippen LogP contribution in [-0.2, 0) is 16.1 Å². The molecule has 3 aromatic rings. The van der Waals surface area contributed by atoms with Gasteiger partial charge in [0.1, 0.15) is 17.3 Å². The molecule has 4 rings (SSSR count). The van der Waals surface area contributed by atoms with E-state index in [0.29, 0.717) is 17.1 Å². The van der Waals surface area contributed by atoms with E-state index < -0.39 is 22.0 Å². The maximum absolute atomic E-state index is 12.7. The Morgan fingerprint density at radius 1 is 1.12 bits per heavy atom. The molecule has 11 heteroatoms. The highest BCUT2D eigenvalue weighted by atomic mass is 32.2. The number of carbonyl (C=O) groups excluding carboxylic acids is 3. The second-order valence-electron chi connectivity index (χ2n) is 6.53. The fourth-order valence-electron chi connectivity index (χ4n) is 2.93. The van der Waals surface area contributed by atoms with Crippen LogP contribution in [0.3, 0.4) is 0 Å². The van der Waals surface area contributed by atoms with E-state index in [4.69, 9.17) is 8.83 Å². The molecule has 0 N–H and O–H groups in total. The summed E-state index contributed by atoms with van der Waals surface area (Å²) in [4.78, 5) is 47.9. The Hall–Kier alpha value is -4.12. The SMILES string of the molecule is COC(=O)c1ccc(CN2C(=O)S/C(=C\c3ccc(-c4ccc([N+](=O)[O-])cc4)o3)C2=O)o1. The lowest BCUT2D eigenvalue weighted by Crippen LogP contribution is -2.27. The second-order valence-corrected chi connectivity index (χ2v) is 7.52. The summed E-state index contributed by atoms with van der Waals surface area (Å²) in [6.07, 6.45) is 1.45. The average molecular weight is 454 g/mol. The molecule has 2 amide bonds. The third-order valence-electron chi connectivity index (χ3n) is 4.50. The minimum absolute atomic E-state index is 0.0284. The summed E-state index contributed by atoms with van der Waals surface area (Å²) in [5.74, 6) is -0.158. The smallest absolute Gasteiger partial charge is 0.373 e. The normalized spacial score (nSPS) is 14.9. The van der Waals surface area contributed by atoms with Gasteiger partial charge in [-0.1, -0.05) is 0 Å². The van der Waals surface area contributed by atoms with Crippen LogP contribution in [0.5, 0.6) is 0 Å². The third-order valence-corrected chi connectivity index (χ3v) is 5.41. The van der Waals surface area contributed by atoms with E-state index in [1.54, 1.807) is 24.3 Å². The van der Waals surface area contributed by atoms with E-state index in [1.807, 2.05) is 0 Å². The number of imide groups is 1. The zero-order chi connectivity index (χ0) is 22.8. The average Bonchev–Trinajstić information content (AvgIpc) is 3.50. The van der Waals surface area contributed by atoms with Gasteiger partial charge in [0.2, 0.25) is 5.76 Å². The van der Waals surface area contributed by atoms with Gasteiger partial charge in [0.15, 0.2) is 0 Å². The highest BCUT2D eigenvalue weighted by molar-refractivity contribution is 8.18. The molecule has 1 aliphatic heterocycles. The summed E-state index contributed by atoms with van der Waals surface area (Å²) in [5.41, 5.74) is 0.590. The van der Waals surface area contributed by atoms with Crippen molar-refractivity contribution in [2.75, 3.05) is 7.11 Å². The van der Waals surface area contributed by atoms with Crippen molar-refractivity contribution in [3.8, 4) is 11.3 Å². The second kappa shape index (κ2) is 8.55. The van der Waals surface area contributed by atoms with Gasteiger partial charge in [0.05, 0.1) is 23.5 Å². The maximum atomic E-state index is 12.7. The maximum Gasteiger partial charge on any atom is 0.373 e. The van der Waals surface area contributed by atoms with Crippen molar-refractivity contribution in [3.63, 3.8) is 0 Å². The number of methoxy groups -OCH3 is 1. The van der Waals surface area contributed by atoms with Crippen LogP contribution in [-0.4, -0.2) is 34.0 Å². The minimum atomic E-state index is -0.660. The number of nitro groups is 1. The molecule has 0 radical (unpaired) electrons. The van der Waals surface area contributed by atoms with Gasteiger partial charge >= 0.3 is 5.97 Å². The topological polar surface area (TPSA) is 133 Å². The fraction of sp³-hybridized carbons (Fsp3) is 0.0952. The number of benzene rings is 1. The van der Waals surface area contributed by atoms with Crippen LogP contribution in [0.4, 0.5) is 10.5 Å². The standard InChI is InChI=1S/C21H14N2O8S/c1-29-20(25)17-9-7-15(31-17)11-22-19(24)18(32-21(22)26)10-14-6-8-16(30-14)12-2-4-13(5-3-12)23(27)28/h2-10H,11H2,1H3/b18-10-. The van der Waals surface area contributed by atoms with Crippen LogP contribution in [0.2, 0.25) is 0 Å². The summed E-state index contributed by atoms with van der Waals surface area (Å²) >= 11 is 0.754. The van der Waals surface area contributed by atoms with Gasteiger partial charge in [-0.25, -0.2) is 4.79 Å². The Balaban J connectivity index is 1.49. The number of carbonyl (C=O) groups is 3. The van der Waals surface area contributed by atoms with Crippen molar-refractivity contribution in [1.82, 2.24) is 4.90 Å². The number of thioether (sulfide) groups is 1. The van der Waals surface area contributed by atoms with Crippen LogP contribution in [0, 0.1) is 10.1 Å². The molecule has 1 aliphatic rings. The molecule has 162 valence electrons. The lowest BCUT2D eigenvalue weighted by Gasteiger charge is -2.09. The van der Waals surface area contributed by atoms with Gasteiger partial charge in [-0.2, -0.15) is 0 Å². The van der Waals surface area contributed by atoms with Crippen LogP contribution in [0.25, 0.3) is 17.4 Å². The summed E-state index contributed by atoms with van der Waals surface area (Å²) in [6, 6.07) is 12.0. The van der Waals surface area contributed by atoms with Crippen molar-refractivity contribution in [1.29, 1.82) is 0 Å². The summed E-state index contributed by atoms with van der Waals surface area (Å²) in [5, 5.41) is 10.3. The number of amides is 2. The number of ether oxygens (including phenoxy) is 1. The van der Waals surface area contributed by atoms with Crippen LogP contribution >= 0.6 is 11.8 Å². The lowest BCUT2D eigenvalue weighted by molar-refractivity contribution is -0.384. The Bertz CT molecular complexity index is 1250. The molecule has 3 heterocycles. The first-order valence-electron chi connectivity index (χ1n) is 9.13. The zero-order valence-corrected chi connectivity index (χ0v) is 17.3. The summed E-state index contributed by atoms with van der Waals surface area (Å²) < 4.78 is 15.6. The third kappa shape index (κ3) is 4.18. The van der Waals surface area contributed by atoms with E-state index in [-0.39, 0.29) is 28.7 Å². The molecule has 1 aromatic carbocycles. The molecular weight excluding hydrogens is 440 g/mol. The molecule has 1 fully saturated rings. The van der Waals surface area contributed by atoms with E-state index in [0.717, 1.165) is 16.7 Å². The first-order chi connectivity index (χ1) is 15.4. The minimum Gasteiger partial charge on any atom is -0.463 e. The van der Waals surface area contributed by atoms with Crippen LogP contribution in [0.15, 0.2) is 62.3 Å². The Kier molecular flexibility index (Phi) is 5.65. The van der Waals surface area contributed by atoms with Gasteiger partial charge < -0.3 is 13.6 Å². The van der Waals surface area contributed by atoms with Gasteiger partial charge in [-0.05, 0) is 48.2 Å². The number of hydrogen-bond acceptors (Lipinski definition) is 9. The highest BCUT2D eigenvalue weighted by Crippen LogP contribution is 2.34. The van der Waals surface area contributed by atoms with E-state index in [9.17, 15) is 24.5 Å². The van der Waals surface area contributed by atoms with Crippen LogP contribution < -0.4 is 0 Å². The largest absolute Gasteiger partial charge is 0.463 e. The zero-order valence-electron chi connectivity index (χ0n) is 16.5. The Morgan fingerprint density at radius 3 is 2.56 bits per heavy atom. The van der Waals surface area contributed by atoms with Gasteiger partial charge in [-0.15, -0.1) is 0 Å². The monoisotopic (exact) mass is 454 g/mol. The summed E-state index contributed by atoms with van der Waals surface area (Å²) in [7, 11) is 1.22. The van der Waals surface area contributed by atoms with E-state index in [2.05, 4.69) is 4.74 Å². The number of nitro benzene ring substituents is 1. The number of non-ortho nitro benzene ring substituents is 1. The molecule has 1 saturated heterocycles. The van der Waals surface area contributed by atoms with Crippen molar-refractivity contribution in [3.05, 3.63) is 80.8 Å².